The maximum absolute atomic E-state index is 11.9. The second kappa shape index (κ2) is 8.03. The molecule has 0 saturated carbocycles. The third-order valence-electron chi connectivity index (χ3n) is 3.26. The number of nitrogens with zero attached hydrogens (tertiary/aromatic N) is 1. The third-order valence-corrected chi connectivity index (χ3v) is 3.26. The van der Waals surface area contributed by atoms with Gasteiger partial charge in [-0.1, -0.05) is 45.9 Å². The number of para-hydroxylation sites is 1. The van der Waals surface area contributed by atoms with Crippen LogP contribution in [-0.2, 0) is 4.74 Å². The van der Waals surface area contributed by atoms with Gasteiger partial charge in [0.15, 0.2) is 0 Å². The summed E-state index contributed by atoms with van der Waals surface area (Å²) in [6.07, 6.45) is -0.633. The van der Waals surface area contributed by atoms with Crippen molar-refractivity contribution < 1.29 is 14.3 Å². The van der Waals surface area contributed by atoms with E-state index >= 15 is 0 Å². The van der Waals surface area contributed by atoms with Gasteiger partial charge in [-0.25, -0.2) is 4.79 Å². The molecule has 1 aromatic carbocycles. The van der Waals surface area contributed by atoms with Crippen molar-refractivity contribution >= 4 is 6.16 Å². The number of carbonyl (C=O) groups is 1. The van der Waals surface area contributed by atoms with E-state index in [2.05, 4.69) is 27.7 Å². The normalized spacial score (nSPS) is 11.3. The minimum absolute atomic E-state index is 0.285. The van der Waals surface area contributed by atoms with E-state index in [0.717, 1.165) is 11.1 Å². The van der Waals surface area contributed by atoms with Crippen LogP contribution < -0.4 is 4.74 Å². The van der Waals surface area contributed by atoms with Gasteiger partial charge in [-0.15, -0.1) is 0 Å². The minimum atomic E-state index is -0.633. The highest BCUT2D eigenvalue weighted by molar-refractivity contribution is 5.66. The lowest BCUT2D eigenvalue weighted by molar-refractivity contribution is 0.0919. The Balaban J connectivity index is 2.87. The molecule has 4 nitrogen and oxygen atoms in total. The molecule has 0 aliphatic carbocycles. The first-order valence-electron chi connectivity index (χ1n) is 7.45. The lowest BCUT2D eigenvalue weighted by Crippen LogP contribution is -2.22. The summed E-state index contributed by atoms with van der Waals surface area (Å²) in [7, 11) is 3.86. The Morgan fingerprint density at radius 2 is 1.62 bits per heavy atom. The lowest BCUT2D eigenvalue weighted by Gasteiger charge is -2.18. The molecule has 0 fully saturated rings. The van der Waals surface area contributed by atoms with E-state index in [9.17, 15) is 4.79 Å². The Morgan fingerprint density at radius 3 is 2.05 bits per heavy atom. The zero-order valence-electron chi connectivity index (χ0n) is 14.0. The molecular weight excluding hydrogens is 266 g/mol. The lowest BCUT2D eigenvalue weighted by atomic mass is 9.94. The van der Waals surface area contributed by atoms with Gasteiger partial charge >= 0.3 is 6.16 Å². The van der Waals surface area contributed by atoms with E-state index < -0.39 is 6.16 Å². The average Bonchev–Trinajstić information content (AvgIpc) is 2.37. The molecule has 0 unspecified atom stereocenters. The summed E-state index contributed by atoms with van der Waals surface area (Å²) < 4.78 is 10.6. The highest BCUT2D eigenvalue weighted by Crippen LogP contribution is 2.34. The summed E-state index contributed by atoms with van der Waals surface area (Å²) in [5.74, 6) is 1.22. The first-order chi connectivity index (χ1) is 9.82. The molecule has 0 atom stereocenters. The van der Waals surface area contributed by atoms with E-state index in [0.29, 0.717) is 18.9 Å². The molecule has 118 valence electrons. The Hall–Kier alpha value is -1.55. The van der Waals surface area contributed by atoms with Crippen molar-refractivity contribution in [3.05, 3.63) is 29.3 Å². The van der Waals surface area contributed by atoms with Crippen LogP contribution in [0.15, 0.2) is 18.2 Å². The zero-order valence-corrected chi connectivity index (χ0v) is 14.0. The quantitative estimate of drug-likeness (QED) is 0.587. The van der Waals surface area contributed by atoms with Crippen molar-refractivity contribution in [3.8, 4) is 5.75 Å². The summed E-state index contributed by atoms with van der Waals surface area (Å²) in [6, 6.07) is 6.01. The van der Waals surface area contributed by atoms with Gasteiger partial charge in [0.05, 0.1) is 0 Å². The number of hydrogen-bond donors (Lipinski definition) is 0. The fourth-order valence-electron chi connectivity index (χ4n) is 2.02. The molecular formula is C17H27NO3. The Bertz CT molecular complexity index is 441. The van der Waals surface area contributed by atoms with Gasteiger partial charge in [-0.3, -0.25) is 0 Å². The van der Waals surface area contributed by atoms with Gasteiger partial charge in [0.2, 0.25) is 0 Å². The molecule has 0 radical (unpaired) electrons. The molecule has 0 amide bonds. The molecule has 0 heterocycles. The average molecular weight is 293 g/mol. The predicted molar refractivity (Wildman–Crippen MR) is 85.2 cm³/mol. The largest absolute Gasteiger partial charge is 0.513 e. The fraction of sp³-hybridized carbons (Fsp3) is 0.588. The molecule has 21 heavy (non-hydrogen) atoms. The van der Waals surface area contributed by atoms with Crippen LogP contribution in [0.1, 0.15) is 50.7 Å². The van der Waals surface area contributed by atoms with Crippen LogP contribution in [-0.4, -0.2) is 38.3 Å². The summed E-state index contributed by atoms with van der Waals surface area (Å²) >= 11 is 0. The number of ether oxygens (including phenoxy) is 2. The van der Waals surface area contributed by atoms with Crippen molar-refractivity contribution in [2.75, 3.05) is 27.2 Å². The van der Waals surface area contributed by atoms with Gasteiger partial charge in [0.25, 0.3) is 0 Å². The number of likely N-dealkylation sites (N-methyl/N-ethyl adjacent to an activating group) is 1. The van der Waals surface area contributed by atoms with Crippen molar-refractivity contribution in [1.29, 1.82) is 0 Å². The Labute approximate surface area is 128 Å². The Kier molecular flexibility index (Phi) is 6.69. The van der Waals surface area contributed by atoms with Crippen molar-refractivity contribution in [1.82, 2.24) is 4.90 Å². The van der Waals surface area contributed by atoms with E-state index in [1.54, 1.807) is 0 Å². The molecule has 0 N–H and O–H groups in total. The van der Waals surface area contributed by atoms with Crippen LogP contribution in [0.25, 0.3) is 0 Å². The summed E-state index contributed by atoms with van der Waals surface area (Å²) in [5.41, 5.74) is 2.07. The maximum Gasteiger partial charge on any atom is 0.513 e. The first-order valence-corrected chi connectivity index (χ1v) is 7.45. The summed E-state index contributed by atoms with van der Waals surface area (Å²) in [5, 5.41) is 0. The standard InChI is InChI=1S/C17H27NO3/c1-12(2)14-8-7-9-15(13(3)4)16(14)21-17(19)20-11-10-18(5)6/h7-9,12-13H,10-11H2,1-6H3. The summed E-state index contributed by atoms with van der Waals surface area (Å²) in [4.78, 5) is 13.8. The molecule has 1 aromatic rings. The molecule has 0 aliphatic rings. The molecule has 0 saturated heterocycles. The van der Waals surface area contributed by atoms with E-state index in [1.165, 1.54) is 0 Å². The molecule has 0 spiro atoms. The molecule has 0 bridgehead atoms. The molecule has 0 aromatic heterocycles. The van der Waals surface area contributed by atoms with Gasteiger partial charge in [0.1, 0.15) is 12.4 Å². The number of benzene rings is 1. The summed E-state index contributed by atoms with van der Waals surface area (Å²) in [6.45, 7) is 9.35. The predicted octanol–water partition coefficient (Wildman–Crippen LogP) is 4.01. The van der Waals surface area contributed by atoms with E-state index in [4.69, 9.17) is 9.47 Å². The minimum Gasteiger partial charge on any atom is -0.433 e. The third kappa shape index (κ3) is 5.38. The Morgan fingerprint density at radius 1 is 1.10 bits per heavy atom. The smallest absolute Gasteiger partial charge is 0.433 e. The van der Waals surface area contributed by atoms with Crippen LogP contribution in [0.5, 0.6) is 5.75 Å². The van der Waals surface area contributed by atoms with Crippen molar-refractivity contribution in [2.45, 2.75) is 39.5 Å². The van der Waals surface area contributed by atoms with E-state index in [-0.39, 0.29) is 11.8 Å². The maximum atomic E-state index is 11.9. The van der Waals surface area contributed by atoms with Crippen molar-refractivity contribution in [2.24, 2.45) is 0 Å². The topological polar surface area (TPSA) is 38.8 Å². The van der Waals surface area contributed by atoms with Crippen LogP contribution in [0.2, 0.25) is 0 Å². The monoisotopic (exact) mass is 293 g/mol. The number of hydrogen-bond acceptors (Lipinski definition) is 4. The highest BCUT2D eigenvalue weighted by Gasteiger charge is 2.18. The fourth-order valence-corrected chi connectivity index (χ4v) is 2.02. The number of carbonyl (C=O) groups excluding carboxylic acids is 1. The SMILES string of the molecule is CC(C)c1cccc(C(C)C)c1OC(=O)OCCN(C)C. The number of rotatable bonds is 6. The van der Waals surface area contributed by atoms with Crippen molar-refractivity contribution in [3.63, 3.8) is 0 Å². The van der Waals surface area contributed by atoms with Gasteiger partial charge in [-0.2, -0.15) is 0 Å². The second-order valence-electron chi connectivity index (χ2n) is 6.08. The van der Waals surface area contributed by atoms with Gasteiger partial charge in [0, 0.05) is 6.54 Å². The molecule has 1 rings (SSSR count). The first kappa shape index (κ1) is 17.5. The van der Waals surface area contributed by atoms with Crippen LogP contribution in [0.4, 0.5) is 4.79 Å². The van der Waals surface area contributed by atoms with Crippen LogP contribution in [0.3, 0.4) is 0 Å². The van der Waals surface area contributed by atoms with E-state index in [1.807, 2.05) is 37.2 Å². The van der Waals surface area contributed by atoms with Gasteiger partial charge in [-0.05, 0) is 37.1 Å². The second-order valence-corrected chi connectivity index (χ2v) is 6.08. The van der Waals surface area contributed by atoms with Gasteiger partial charge < -0.3 is 14.4 Å². The zero-order chi connectivity index (χ0) is 16.0. The molecule has 0 aliphatic heterocycles. The van der Waals surface area contributed by atoms with Crippen LogP contribution >= 0.6 is 0 Å². The molecule has 4 heteroatoms. The highest BCUT2D eigenvalue weighted by atomic mass is 16.7. The van der Waals surface area contributed by atoms with Crippen LogP contribution in [0, 0.1) is 0 Å².